The van der Waals surface area contributed by atoms with Crippen LogP contribution in [-0.4, -0.2) is 47.1 Å². The van der Waals surface area contributed by atoms with E-state index in [9.17, 15) is 9.18 Å². The highest BCUT2D eigenvalue weighted by Crippen LogP contribution is 2.36. The molecule has 0 saturated carbocycles. The van der Waals surface area contributed by atoms with Crippen LogP contribution in [0.15, 0.2) is 70.4 Å². The van der Waals surface area contributed by atoms with E-state index in [1.165, 1.54) is 34.7 Å². The van der Waals surface area contributed by atoms with Gasteiger partial charge >= 0.3 is 11.8 Å². The van der Waals surface area contributed by atoms with E-state index in [2.05, 4.69) is 37.5 Å². The van der Waals surface area contributed by atoms with Crippen molar-refractivity contribution in [2.24, 2.45) is 0 Å². The molecule has 4 aromatic heterocycles. The molecule has 4 aromatic rings. The number of rotatable bonds is 6. The van der Waals surface area contributed by atoms with Gasteiger partial charge in [0.2, 0.25) is 0 Å². The zero-order valence-electron chi connectivity index (χ0n) is 20.1. The Labute approximate surface area is 206 Å². The summed E-state index contributed by atoms with van der Waals surface area (Å²) in [6.45, 7) is 6.46. The summed E-state index contributed by atoms with van der Waals surface area (Å²) in [5.41, 5.74) is 4.32. The Kier molecular flexibility index (Phi) is 6.28. The van der Waals surface area contributed by atoms with Crippen molar-refractivity contribution in [2.75, 3.05) is 6.54 Å². The molecule has 0 fully saturated rings. The maximum absolute atomic E-state index is 14.5. The maximum atomic E-state index is 14.5. The Morgan fingerprint density at radius 2 is 2.19 bits per heavy atom. The first-order chi connectivity index (χ1) is 17.5. The molecule has 1 atom stereocenters. The lowest BCUT2D eigenvalue weighted by molar-refractivity contribution is 0.0645. The number of amides is 1. The summed E-state index contributed by atoms with van der Waals surface area (Å²) >= 11 is 0. The van der Waals surface area contributed by atoms with Crippen molar-refractivity contribution in [3.8, 4) is 11.6 Å². The molecule has 11 heteroatoms. The number of carbonyl (C=O) groups is 1. The summed E-state index contributed by atoms with van der Waals surface area (Å²) in [5, 5.41) is 15.9. The van der Waals surface area contributed by atoms with Crippen LogP contribution < -0.4 is 5.32 Å². The smallest absolute Gasteiger partial charge is 0.312 e. The Bertz CT molecular complexity index is 1470. The molecule has 0 aliphatic carbocycles. The Morgan fingerprint density at radius 3 is 2.94 bits per heavy atom. The molecule has 1 aliphatic rings. The third kappa shape index (κ3) is 4.35. The minimum absolute atomic E-state index is 0.101. The largest absolute Gasteiger partial charge is 0.411 e. The molecule has 184 valence electrons. The maximum Gasteiger partial charge on any atom is 0.312 e. The molecule has 0 aromatic carbocycles. The zero-order chi connectivity index (χ0) is 25.2. The second kappa shape index (κ2) is 9.68. The van der Waals surface area contributed by atoms with Crippen LogP contribution in [0, 0.1) is 5.82 Å². The average Bonchev–Trinajstić information content (AvgIpc) is 3.56. The van der Waals surface area contributed by atoms with Gasteiger partial charge in [-0.2, -0.15) is 5.10 Å². The third-order valence-electron chi connectivity index (χ3n) is 6.25. The van der Waals surface area contributed by atoms with E-state index < -0.39 is 17.8 Å². The van der Waals surface area contributed by atoms with Crippen LogP contribution in [0.2, 0.25) is 0 Å². The number of hydrogen-bond donors (Lipinski definition) is 1. The molecular formula is C25H25FN8O2. The molecule has 10 nitrogen and oxygen atoms in total. The van der Waals surface area contributed by atoms with E-state index in [0.717, 1.165) is 17.7 Å². The highest BCUT2D eigenvalue weighted by molar-refractivity contribution is 5.90. The predicted octanol–water partition coefficient (Wildman–Crippen LogP) is 4.08. The molecule has 5 heterocycles. The fraction of sp³-hybridized carbons (Fsp3) is 0.280. The molecule has 0 spiro atoms. The topological polar surface area (TPSA) is 114 Å². The Balaban J connectivity index is 1.54. The van der Waals surface area contributed by atoms with Crippen molar-refractivity contribution in [3.63, 3.8) is 0 Å². The van der Waals surface area contributed by atoms with Crippen LogP contribution in [-0.2, 0) is 0 Å². The van der Waals surface area contributed by atoms with Crippen LogP contribution in [0.4, 0.5) is 4.39 Å². The van der Waals surface area contributed by atoms with Gasteiger partial charge in [0.25, 0.3) is 5.89 Å². The van der Waals surface area contributed by atoms with Crippen molar-refractivity contribution >= 4 is 11.4 Å². The summed E-state index contributed by atoms with van der Waals surface area (Å²) in [6, 6.07) is 4.07. The van der Waals surface area contributed by atoms with E-state index >= 15 is 0 Å². The van der Waals surface area contributed by atoms with Crippen molar-refractivity contribution in [2.45, 2.75) is 39.7 Å². The van der Waals surface area contributed by atoms with Gasteiger partial charge in [-0.05, 0) is 50.2 Å². The summed E-state index contributed by atoms with van der Waals surface area (Å²) in [6.07, 6.45) is 9.67. The van der Waals surface area contributed by atoms with Gasteiger partial charge < -0.3 is 14.6 Å². The van der Waals surface area contributed by atoms with Crippen LogP contribution in [0.3, 0.4) is 0 Å². The van der Waals surface area contributed by atoms with E-state index in [4.69, 9.17) is 4.42 Å². The second-order valence-electron chi connectivity index (χ2n) is 8.56. The monoisotopic (exact) mass is 488 g/mol. The van der Waals surface area contributed by atoms with Crippen LogP contribution in [0.5, 0.6) is 0 Å². The quantitative estimate of drug-likeness (QED) is 0.432. The number of pyridine rings is 1. The molecule has 0 radical (unpaired) electrons. The van der Waals surface area contributed by atoms with Crippen LogP contribution >= 0.6 is 0 Å². The highest BCUT2D eigenvalue weighted by Gasteiger charge is 2.36. The number of halogens is 1. The molecule has 1 N–H and O–H groups in total. The first-order valence-electron chi connectivity index (χ1n) is 11.6. The number of nitrogens with zero attached hydrogens (tertiary/aromatic N) is 7. The van der Waals surface area contributed by atoms with Crippen molar-refractivity contribution in [1.82, 2.24) is 40.0 Å². The van der Waals surface area contributed by atoms with Gasteiger partial charge in [-0.1, -0.05) is 12.5 Å². The number of allylic oxidation sites excluding steroid dienone is 1. The molecular weight excluding hydrogens is 463 g/mol. The first kappa shape index (κ1) is 23.3. The molecule has 1 aliphatic heterocycles. The molecule has 5 rings (SSSR count). The molecule has 0 saturated heterocycles. The predicted molar refractivity (Wildman–Crippen MR) is 129 cm³/mol. The fourth-order valence-electron chi connectivity index (χ4n) is 4.13. The van der Waals surface area contributed by atoms with E-state index in [-0.39, 0.29) is 11.8 Å². The van der Waals surface area contributed by atoms with Gasteiger partial charge in [0.15, 0.2) is 0 Å². The van der Waals surface area contributed by atoms with Gasteiger partial charge in [0.1, 0.15) is 17.0 Å². The summed E-state index contributed by atoms with van der Waals surface area (Å²) in [5.74, 6) is -0.901. The first-order valence-corrected chi connectivity index (χ1v) is 11.6. The number of fused-ring (bicyclic) bond motifs is 1. The Morgan fingerprint density at radius 1 is 1.33 bits per heavy atom. The minimum atomic E-state index is -0.560. The van der Waals surface area contributed by atoms with Crippen LogP contribution in [0.1, 0.15) is 56.0 Å². The summed E-state index contributed by atoms with van der Waals surface area (Å²) < 4.78 is 21.6. The lowest BCUT2D eigenvalue weighted by Gasteiger charge is -2.36. The average molecular weight is 489 g/mol. The lowest BCUT2D eigenvalue weighted by Crippen LogP contribution is -2.41. The molecule has 0 bridgehead atoms. The minimum Gasteiger partial charge on any atom is -0.411 e. The molecule has 1 amide bonds. The summed E-state index contributed by atoms with van der Waals surface area (Å²) in [4.78, 5) is 23.4. The lowest BCUT2D eigenvalue weighted by atomic mass is 9.95. The second-order valence-corrected chi connectivity index (χ2v) is 8.56. The standard InChI is InChI=1S/C25H25FN8O2/c1-4-15(2)13-29-18-7-11-33(25(35)24-31-30-23(36-24)20-14-27-8-9-28-20)22(16(18)3)19-12-21-17(26)6-5-10-34(21)32-19/h5-6,8-10,12-14,22,29H,4,7,11H2,1-3H3. The van der Waals surface area contributed by atoms with Gasteiger partial charge in [0, 0.05) is 37.3 Å². The van der Waals surface area contributed by atoms with Crippen molar-refractivity contribution < 1.29 is 13.6 Å². The normalized spacial score (nSPS) is 16.6. The number of nitrogens with one attached hydrogen (secondary N) is 1. The van der Waals surface area contributed by atoms with Crippen molar-refractivity contribution in [3.05, 3.63) is 83.4 Å². The zero-order valence-corrected chi connectivity index (χ0v) is 20.1. The SMILES string of the molecule is CCC(C)=CNC1=C(C)C(c2cc3c(F)cccn3n2)N(C(=O)c2nnc(-c3cnccn3)o2)CC1. The van der Waals surface area contributed by atoms with Gasteiger partial charge in [-0.3, -0.25) is 9.78 Å². The Hall–Kier alpha value is -4.41. The number of hydrogen-bond acceptors (Lipinski definition) is 8. The fourth-order valence-corrected chi connectivity index (χ4v) is 4.13. The van der Waals surface area contributed by atoms with Gasteiger partial charge in [-0.15, -0.1) is 10.2 Å². The van der Waals surface area contributed by atoms with Crippen LogP contribution in [0.25, 0.3) is 17.1 Å². The van der Waals surface area contributed by atoms with Crippen molar-refractivity contribution in [1.29, 1.82) is 0 Å². The van der Waals surface area contributed by atoms with E-state index in [1.807, 2.05) is 20.0 Å². The third-order valence-corrected chi connectivity index (χ3v) is 6.25. The highest BCUT2D eigenvalue weighted by atomic mass is 19.1. The number of carbonyl (C=O) groups excluding carboxylic acids is 1. The van der Waals surface area contributed by atoms with E-state index in [1.54, 1.807) is 23.2 Å². The number of aromatic nitrogens is 6. The summed E-state index contributed by atoms with van der Waals surface area (Å²) in [7, 11) is 0. The van der Waals surface area contributed by atoms with Gasteiger partial charge in [-0.25, -0.2) is 13.9 Å². The van der Waals surface area contributed by atoms with E-state index in [0.29, 0.717) is 29.9 Å². The molecule has 1 unspecified atom stereocenters. The molecule has 36 heavy (non-hydrogen) atoms. The van der Waals surface area contributed by atoms with Gasteiger partial charge in [0.05, 0.1) is 17.9 Å².